The van der Waals surface area contributed by atoms with Crippen molar-refractivity contribution < 1.29 is 13.2 Å². The van der Waals surface area contributed by atoms with Gasteiger partial charge in [-0.1, -0.05) is 12.1 Å². The monoisotopic (exact) mass is 443 g/mol. The number of nitrogens with zero attached hydrogens (tertiary/aromatic N) is 4. The molecule has 3 N–H and O–H groups in total. The summed E-state index contributed by atoms with van der Waals surface area (Å²) in [5.74, 6) is 1.07. The molecule has 0 saturated carbocycles. The molecule has 0 bridgehead atoms. The zero-order chi connectivity index (χ0) is 21.8. The van der Waals surface area contributed by atoms with Crippen molar-refractivity contribution in [2.75, 3.05) is 55.4 Å². The van der Waals surface area contributed by atoms with Gasteiger partial charge in [0.05, 0.1) is 23.4 Å². The van der Waals surface area contributed by atoms with Crippen LogP contribution in [0.3, 0.4) is 0 Å². The lowest BCUT2D eigenvalue weighted by Crippen LogP contribution is -2.44. The Hall–Kier alpha value is -3.18. The Kier molecular flexibility index (Phi) is 6.05. The Labute approximate surface area is 180 Å². The third kappa shape index (κ3) is 4.94. The molecule has 3 heterocycles. The van der Waals surface area contributed by atoms with Gasteiger partial charge in [0.15, 0.2) is 21.3 Å². The minimum atomic E-state index is -2.89. The number of carbonyl (C=O) groups is 1. The molecule has 1 aromatic carbocycles. The molecule has 2 aromatic heterocycles. The summed E-state index contributed by atoms with van der Waals surface area (Å²) in [6, 6.07) is 7.23. The summed E-state index contributed by atoms with van der Waals surface area (Å²) in [4.78, 5) is 22.9. The number of anilines is 2. The maximum atomic E-state index is 12.2. The Morgan fingerprint density at radius 2 is 1.87 bits per heavy atom. The van der Waals surface area contributed by atoms with E-state index in [1.807, 2.05) is 39.8 Å². The van der Waals surface area contributed by atoms with Crippen LogP contribution in [-0.4, -0.2) is 78.4 Å². The van der Waals surface area contributed by atoms with Crippen molar-refractivity contribution in [2.24, 2.45) is 0 Å². The molecule has 2 amide bonds. The van der Waals surface area contributed by atoms with Crippen molar-refractivity contribution >= 4 is 33.0 Å². The first-order valence-electron chi connectivity index (χ1n) is 10.0. The standard InChI is InChI=1S/C20H25N7O3S/c1-21-18-19-24-14-17(27(19)9-7-22-18)15-2-4-16(5-3-15)25-20(28)23-6-8-26-10-12-31(29,30)13-11-26/h2-5,7,9,14H,6,8,10-13H2,1H3,(H,21,22)(H2,23,25,28). The molecule has 164 valence electrons. The van der Waals surface area contributed by atoms with Crippen LogP contribution in [-0.2, 0) is 9.84 Å². The topological polar surface area (TPSA) is 121 Å². The highest BCUT2D eigenvalue weighted by Crippen LogP contribution is 2.24. The predicted molar refractivity (Wildman–Crippen MR) is 120 cm³/mol. The molecule has 0 unspecified atom stereocenters. The molecule has 0 atom stereocenters. The van der Waals surface area contributed by atoms with Gasteiger partial charge >= 0.3 is 6.03 Å². The third-order valence-corrected chi connectivity index (χ3v) is 6.86. The quantitative estimate of drug-likeness (QED) is 0.525. The number of hydrogen-bond acceptors (Lipinski definition) is 7. The number of amides is 2. The van der Waals surface area contributed by atoms with Gasteiger partial charge in [0.2, 0.25) is 0 Å². The van der Waals surface area contributed by atoms with Crippen LogP contribution in [0.4, 0.5) is 16.3 Å². The van der Waals surface area contributed by atoms with Crippen LogP contribution in [0, 0.1) is 0 Å². The first-order chi connectivity index (χ1) is 14.9. The van der Waals surface area contributed by atoms with Crippen LogP contribution < -0.4 is 16.0 Å². The maximum absolute atomic E-state index is 12.2. The van der Waals surface area contributed by atoms with Crippen molar-refractivity contribution in [3.05, 3.63) is 42.9 Å². The second-order valence-corrected chi connectivity index (χ2v) is 9.62. The van der Waals surface area contributed by atoms with E-state index in [0.29, 0.717) is 37.7 Å². The summed E-state index contributed by atoms with van der Waals surface area (Å²) in [7, 11) is -1.08. The number of hydrogen-bond donors (Lipinski definition) is 3. The van der Waals surface area contributed by atoms with E-state index in [1.165, 1.54) is 0 Å². The number of aromatic nitrogens is 3. The SMILES string of the molecule is CNc1nccn2c(-c3ccc(NC(=O)NCCN4CCS(=O)(=O)CC4)cc3)cnc12. The molecular weight excluding hydrogens is 418 g/mol. The Morgan fingerprint density at radius 1 is 1.13 bits per heavy atom. The molecule has 4 rings (SSSR count). The largest absolute Gasteiger partial charge is 0.370 e. The summed E-state index contributed by atoms with van der Waals surface area (Å²) in [6.07, 6.45) is 5.36. The summed E-state index contributed by atoms with van der Waals surface area (Å²) >= 11 is 0. The average Bonchev–Trinajstić information content (AvgIpc) is 3.20. The van der Waals surface area contributed by atoms with Gasteiger partial charge in [-0.2, -0.15) is 0 Å². The summed E-state index contributed by atoms with van der Waals surface area (Å²) < 4.78 is 24.9. The highest BCUT2D eigenvalue weighted by Gasteiger charge is 2.21. The number of carbonyl (C=O) groups excluding carboxylic acids is 1. The number of benzene rings is 1. The van der Waals surface area contributed by atoms with Crippen molar-refractivity contribution in [3.8, 4) is 11.3 Å². The maximum Gasteiger partial charge on any atom is 0.319 e. The number of nitrogens with one attached hydrogen (secondary N) is 3. The summed E-state index contributed by atoms with van der Waals surface area (Å²) in [5, 5.41) is 8.65. The number of urea groups is 1. The van der Waals surface area contributed by atoms with Crippen LogP contribution in [0.2, 0.25) is 0 Å². The van der Waals surface area contributed by atoms with Gasteiger partial charge in [-0.05, 0) is 12.1 Å². The lowest BCUT2D eigenvalue weighted by molar-refractivity contribution is 0.247. The molecule has 3 aromatic rings. The summed E-state index contributed by atoms with van der Waals surface area (Å²) in [6.45, 7) is 2.11. The Morgan fingerprint density at radius 3 is 2.58 bits per heavy atom. The lowest BCUT2D eigenvalue weighted by Gasteiger charge is -2.26. The molecule has 11 heteroatoms. The lowest BCUT2D eigenvalue weighted by atomic mass is 10.1. The second kappa shape index (κ2) is 8.90. The number of imidazole rings is 1. The normalized spacial score (nSPS) is 16.2. The molecule has 1 aliphatic heterocycles. The zero-order valence-electron chi connectivity index (χ0n) is 17.2. The van der Waals surface area contributed by atoms with Gasteiger partial charge in [0.25, 0.3) is 0 Å². The molecule has 31 heavy (non-hydrogen) atoms. The molecule has 10 nitrogen and oxygen atoms in total. The highest BCUT2D eigenvalue weighted by atomic mass is 32.2. The molecule has 1 aliphatic rings. The minimum absolute atomic E-state index is 0.185. The van der Waals surface area contributed by atoms with Crippen LogP contribution in [0.15, 0.2) is 42.9 Å². The van der Waals surface area contributed by atoms with Gasteiger partial charge < -0.3 is 16.0 Å². The Balaban J connectivity index is 1.31. The van der Waals surface area contributed by atoms with Gasteiger partial charge in [0.1, 0.15) is 0 Å². The second-order valence-electron chi connectivity index (χ2n) is 7.31. The van der Waals surface area contributed by atoms with E-state index in [0.717, 1.165) is 16.9 Å². The van der Waals surface area contributed by atoms with Gasteiger partial charge in [-0.3, -0.25) is 9.30 Å². The van der Waals surface area contributed by atoms with Gasteiger partial charge in [0, 0.05) is 56.9 Å². The number of sulfone groups is 1. The predicted octanol–water partition coefficient (Wildman–Crippen LogP) is 1.29. The van der Waals surface area contributed by atoms with Gasteiger partial charge in [-0.25, -0.2) is 23.2 Å². The molecular formula is C20H25N7O3S. The van der Waals surface area contributed by atoms with E-state index in [-0.39, 0.29) is 17.5 Å². The van der Waals surface area contributed by atoms with E-state index < -0.39 is 9.84 Å². The fraction of sp³-hybridized carbons (Fsp3) is 0.350. The molecule has 1 fully saturated rings. The van der Waals surface area contributed by atoms with Crippen LogP contribution in [0.25, 0.3) is 16.9 Å². The number of rotatable bonds is 6. The molecule has 0 aliphatic carbocycles. The zero-order valence-corrected chi connectivity index (χ0v) is 18.0. The molecule has 1 saturated heterocycles. The van der Waals surface area contributed by atoms with Crippen molar-refractivity contribution in [1.82, 2.24) is 24.6 Å². The van der Waals surface area contributed by atoms with Gasteiger partial charge in [-0.15, -0.1) is 0 Å². The minimum Gasteiger partial charge on any atom is -0.370 e. The molecule has 0 spiro atoms. The van der Waals surface area contributed by atoms with E-state index >= 15 is 0 Å². The van der Waals surface area contributed by atoms with E-state index in [4.69, 9.17) is 0 Å². The van der Waals surface area contributed by atoms with Crippen LogP contribution in [0.1, 0.15) is 0 Å². The van der Waals surface area contributed by atoms with Crippen LogP contribution in [0.5, 0.6) is 0 Å². The van der Waals surface area contributed by atoms with Crippen LogP contribution >= 0.6 is 0 Å². The average molecular weight is 444 g/mol. The molecule has 0 radical (unpaired) electrons. The summed E-state index contributed by atoms with van der Waals surface area (Å²) in [5.41, 5.74) is 3.31. The smallest absolute Gasteiger partial charge is 0.319 e. The fourth-order valence-electron chi connectivity index (χ4n) is 3.51. The van der Waals surface area contributed by atoms with Crippen molar-refractivity contribution in [2.45, 2.75) is 0 Å². The van der Waals surface area contributed by atoms with E-state index in [2.05, 4.69) is 25.9 Å². The first kappa shape index (κ1) is 21.1. The fourth-order valence-corrected chi connectivity index (χ4v) is 4.79. The van der Waals surface area contributed by atoms with E-state index in [9.17, 15) is 13.2 Å². The number of fused-ring (bicyclic) bond motifs is 1. The third-order valence-electron chi connectivity index (χ3n) is 5.25. The van der Waals surface area contributed by atoms with E-state index in [1.54, 1.807) is 19.4 Å². The van der Waals surface area contributed by atoms with Crippen molar-refractivity contribution in [3.63, 3.8) is 0 Å². The highest BCUT2D eigenvalue weighted by molar-refractivity contribution is 7.91. The van der Waals surface area contributed by atoms with Crippen molar-refractivity contribution in [1.29, 1.82) is 0 Å². The first-order valence-corrected chi connectivity index (χ1v) is 11.9. The Bertz CT molecular complexity index is 1160.